The topological polar surface area (TPSA) is 50.7 Å². The number of halogens is 1. The summed E-state index contributed by atoms with van der Waals surface area (Å²) in [5, 5.41) is 4.62. The van der Waals surface area contributed by atoms with Gasteiger partial charge in [-0.25, -0.2) is 15.0 Å². The van der Waals surface area contributed by atoms with Crippen molar-refractivity contribution in [1.82, 2.24) is 15.0 Å². The molecule has 0 bridgehead atoms. The molecule has 4 nitrogen and oxygen atoms in total. The van der Waals surface area contributed by atoms with Crippen LogP contribution in [0.1, 0.15) is 9.88 Å². The molecular formula is C9H9ClN4S. The lowest BCUT2D eigenvalue weighted by atomic mass is 10.6. The van der Waals surface area contributed by atoms with E-state index < -0.39 is 0 Å². The number of anilines is 1. The maximum Gasteiger partial charge on any atom is 0.223 e. The Morgan fingerprint density at radius 1 is 1.27 bits per heavy atom. The molecule has 0 fully saturated rings. The van der Waals surface area contributed by atoms with E-state index in [1.54, 1.807) is 23.7 Å². The molecule has 2 aromatic rings. The third kappa shape index (κ3) is 2.87. The molecule has 0 atom stereocenters. The van der Waals surface area contributed by atoms with Crippen LogP contribution in [-0.4, -0.2) is 15.0 Å². The summed E-state index contributed by atoms with van der Waals surface area (Å²) in [4.78, 5) is 13.5. The van der Waals surface area contributed by atoms with Crippen LogP contribution in [0.2, 0.25) is 5.02 Å². The highest BCUT2D eigenvalue weighted by atomic mass is 35.5. The summed E-state index contributed by atoms with van der Waals surface area (Å²) in [6.45, 7) is 2.67. The van der Waals surface area contributed by atoms with Gasteiger partial charge in [-0.1, -0.05) is 11.6 Å². The molecule has 0 unspecified atom stereocenters. The van der Waals surface area contributed by atoms with Crippen molar-refractivity contribution in [2.45, 2.75) is 13.5 Å². The Morgan fingerprint density at radius 2 is 2.00 bits per heavy atom. The molecular weight excluding hydrogens is 232 g/mol. The molecule has 0 saturated carbocycles. The molecule has 2 aromatic heterocycles. The van der Waals surface area contributed by atoms with E-state index in [1.807, 2.05) is 13.1 Å². The fourth-order valence-electron chi connectivity index (χ4n) is 1.04. The second-order valence-corrected chi connectivity index (χ2v) is 4.70. The number of thiazole rings is 1. The molecule has 0 radical (unpaired) electrons. The standard InChI is InChI=1S/C9H9ClN4S/c1-6-2-11-8(15-6)5-14-9-12-3-7(10)4-13-9/h2-4H,5H2,1H3,(H,12,13,14). The molecule has 0 saturated heterocycles. The Balaban J connectivity index is 1.96. The quantitative estimate of drug-likeness (QED) is 0.896. The molecule has 0 amide bonds. The predicted octanol–water partition coefficient (Wildman–Crippen LogP) is 2.51. The molecule has 78 valence electrons. The monoisotopic (exact) mass is 240 g/mol. The Labute approximate surface area is 96.4 Å². The Kier molecular flexibility index (Phi) is 3.13. The van der Waals surface area contributed by atoms with Crippen molar-refractivity contribution in [2.75, 3.05) is 5.32 Å². The van der Waals surface area contributed by atoms with Crippen LogP contribution in [0, 0.1) is 6.92 Å². The van der Waals surface area contributed by atoms with Gasteiger partial charge in [-0.05, 0) is 6.92 Å². The first-order valence-corrected chi connectivity index (χ1v) is 5.56. The third-order valence-corrected chi connectivity index (χ3v) is 2.80. The highest BCUT2D eigenvalue weighted by molar-refractivity contribution is 7.11. The van der Waals surface area contributed by atoms with Gasteiger partial charge in [0, 0.05) is 11.1 Å². The molecule has 0 aliphatic heterocycles. The van der Waals surface area contributed by atoms with Crippen molar-refractivity contribution < 1.29 is 0 Å². The van der Waals surface area contributed by atoms with Gasteiger partial charge in [0.1, 0.15) is 5.01 Å². The zero-order valence-electron chi connectivity index (χ0n) is 8.07. The fraction of sp³-hybridized carbons (Fsp3) is 0.222. The molecule has 0 aromatic carbocycles. The number of hydrogen-bond acceptors (Lipinski definition) is 5. The van der Waals surface area contributed by atoms with Crippen LogP contribution in [0.25, 0.3) is 0 Å². The largest absolute Gasteiger partial charge is 0.348 e. The Bertz CT molecular complexity index is 440. The van der Waals surface area contributed by atoms with E-state index in [4.69, 9.17) is 11.6 Å². The minimum atomic E-state index is 0.533. The first kappa shape index (κ1) is 10.3. The lowest BCUT2D eigenvalue weighted by Gasteiger charge is -2.00. The van der Waals surface area contributed by atoms with Crippen LogP contribution in [0.5, 0.6) is 0 Å². The maximum absolute atomic E-state index is 5.67. The van der Waals surface area contributed by atoms with Gasteiger partial charge in [0.2, 0.25) is 5.95 Å². The molecule has 15 heavy (non-hydrogen) atoms. The zero-order chi connectivity index (χ0) is 10.7. The lowest BCUT2D eigenvalue weighted by Crippen LogP contribution is -2.02. The van der Waals surface area contributed by atoms with Crippen molar-refractivity contribution in [3.05, 3.63) is 33.5 Å². The number of nitrogens with zero attached hydrogens (tertiary/aromatic N) is 3. The molecule has 0 aliphatic rings. The number of nitrogens with one attached hydrogen (secondary N) is 1. The van der Waals surface area contributed by atoms with Crippen molar-refractivity contribution in [3.63, 3.8) is 0 Å². The van der Waals surface area contributed by atoms with Crippen molar-refractivity contribution in [3.8, 4) is 0 Å². The average molecular weight is 241 g/mol. The van der Waals surface area contributed by atoms with Crippen LogP contribution >= 0.6 is 22.9 Å². The van der Waals surface area contributed by atoms with Crippen LogP contribution in [0.4, 0.5) is 5.95 Å². The summed E-state index contributed by atoms with van der Waals surface area (Å²) >= 11 is 7.32. The van der Waals surface area contributed by atoms with Gasteiger partial charge in [0.15, 0.2) is 0 Å². The number of aryl methyl sites for hydroxylation is 1. The van der Waals surface area contributed by atoms with Gasteiger partial charge in [-0.2, -0.15) is 0 Å². The van der Waals surface area contributed by atoms with Crippen molar-refractivity contribution in [1.29, 1.82) is 0 Å². The maximum atomic E-state index is 5.67. The molecule has 1 N–H and O–H groups in total. The Morgan fingerprint density at radius 3 is 2.60 bits per heavy atom. The highest BCUT2D eigenvalue weighted by Crippen LogP contribution is 2.12. The van der Waals surface area contributed by atoms with E-state index in [1.165, 1.54) is 4.88 Å². The normalized spacial score (nSPS) is 10.3. The molecule has 0 aliphatic carbocycles. The smallest absolute Gasteiger partial charge is 0.223 e. The minimum absolute atomic E-state index is 0.533. The van der Waals surface area contributed by atoms with Crippen molar-refractivity contribution >= 4 is 28.9 Å². The predicted molar refractivity (Wildman–Crippen MR) is 61.2 cm³/mol. The number of rotatable bonds is 3. The minimum Gasteiger partial charge on any atom is -0.348 e. The summed E-state index contributed by atoms with van der Waals surface area (Å²) in [7, 11) is 0. The van der Waals surface area contributed by atoms with E-state index in [0.29, 0.717) is 17.5 Å². The molecule has 0 spiro atoms. The second-order valence-electron chi connectivity index (χ2n) is 2.94. The molecule has 2 rings (SSSR count). The zero-order valence-corrected chi connectivity index (χ0v) is 9.64. The fourth-order valence-corrected chi connectivity index (χ4v) is 1.87. The number of hydrogen-bond donors (Lipinski definition) is 1. The summed E-state index contributed by atoms with van der Waals surface area (Å²) in [5.74, 6) is 0.562. The first-order chi connectivity index (χ1) is 7.24. The van der Waals surface area contributed by atoms with Gasteiger partial charge in [-0.15, -0.1) is 11.3 Å². The van der Waals surface area contributed by atoms with E-state index in [2.05, 4.69) is 20.3 Å². The summed E-state index contributed by atoms with van der Waals surface area (Å²) in [6.07, 6.45) is 4.97. The number of aromatic nitrogens is 3. The second kappa shape index (κ2) is 4.55. The Hall–Kier alpha value is -1.20. The average Bonchev–Trinajstić information content (AvgIpc) is 2.64. The van der Waals surface area contributed by atoms with Crippen LogP contribution < -0.4 is 5.32 Å². The van der Waals surface area contributed by atoms with Gasteiger partial charge in [0.05, 0.1) is 24.0 Å². The van der Waals surface area contributed by atoms with E-state index in [0.717, 1.165) is 5.01 Å². The van der Waals surface area contributed by atoms with E-state index in [-0.39, 0.29) is 0 Å². The van der Waals surface area contributed by atoms with Gasteiger partial charge >= 0.3 is 0 Å². The first-order valence-electron chi connectivity index (χ1n) is 4.37. The molecule has 6 heteroatoms. The lowest BCUT2D eigenvalue weighted by molar-refractivity contribution is 1.04. The van der Waals surface area contributed by atoms with Gasteiger partial charge in [-0.3, -0.25) is 0 Å². The van der Waals surface area contributed by atoms with E-state index >= 15 is 0 Å². The van der Waals surface area contributed by atoms with Crippen LogP contribution in [0.3, 0.4) is 0 Å². The summed E-state index contributed by atoms with van der Waals surface area (Å²) in [6, 6.07) is 0. The van der Waals surface area contributed by atoms with Crippen LogP contribution in [0.15, 0.2) is 18.6 Å². The van der Waals surface area contributed by atoms with Gasteiger partial charge in [0.25, 0.3) is 0 Å². The summed E-state index contributed by atoms with van der Waals surface area (Å²) < 4.78 is 0. The highest BCUT2D eigenvalue weighted by Gasteiger charge is 1.99. The molecule has 2 heterocycles. The van der Waals surface area contributed by atoms with Gasteiger partial charge < -0.3 is 5.32 Å². The van der Waals surface area contributed by atoms with Crippen molar-refractivity contribution in [2.24, 2.45) is 0 Å². The van der Waals surface area contributed by atoms with Crippen LogP contribution in [-0.2, 0) is 6.54 Å². The summed E-state index contributed by atoms with van der Waals surface area (Å²) in [5.41, 5.74) is 0. The third-order valence-electron chi connectivity index (χ3n) is 1.69. The SMILES string of the molecule is Cc1cnc(CNc2ncc(Cl)cn2)s1. The van der Waals surface area contributed by atoms with E-state index in [9.17, 15) is 0 Å².